The summed E-state index contributed by atoms with van der Waals surface area (Å²) in [6.45, 7) is 6.51. The molecule has 0 spiro atoms. The highest BCUT2D eigenvalue weighted by molar-refractivity contribution is 6.30. The minimum absolute atomic E-state index is 0.171. The molecule has 0 radical (unpaired) electrons. The highest BCUT2D eigenvalue weighted by Crippen LogP contribution is 2.24. The zero-order valence-corrected chi connectivity index (χ0v) is 17.2. The van der Waals surface area contributed by atoms with Gasteiger partial charge < -0.3 is 14.4 Å². The molecule has 0 unspecified atom stereocenters. The third kappa shape index (κ3) is 5.40. The highest BCUT2D eigenvalue weighted by atomic mass is 35.5. The van der Waals surface area contributed by atoms with Crippen LogP contribution < -0.4 is 9.47 Å². The summed E-state index contributed by atoms with van der Waals surface area (Å²) in [4.78, 5) is 16.9. The minimum Gasteiger partial charge on any atom is -0.496 e. The van der Waals surface area contributed by atoms with Gasteiger partial charge in [-0.2, -0.15) is 0 Å². The van der Waals surface area contributed by atoms with Gasteiger partial charge in [0.25, 0.3) is 0 Å². The number of halogens is 1. The number of benzene rings is 2. The Bertz CT molecular complexity index is 787. The van der Waals surface area contributed by atoms with Gasteiger partial charge in [0, 0.05) is 43.3 Å². The number of piperazine rings is 1. The number of hydrogen-bond acceptors (Lipinski definition) is 4. The summed E-state index contributed by atoms with van der Waals surface area (Å²) in [6.07, 6.45) is 0.425. The lowest BCUT2D eigenvalue weighted by Crippen LogP contribution is -2.48. The van der Waals surface area contributed by atoms with Crippen molar-refractivity contribution in [3.8, 4) is 11.5 Å². The van der Waals surface area contributed by atoms with Crippen LogP contribution in [0.2, 0.25) is 5.02 Å². The van der Waals surface area contributed by atoms with Gasteiger partial charge in [0.1, 0.15) is 11.5 Å². The molecule has 0 aliphatic carbocycles. The molecule has 2 aromatic carbocycles. The number of nitrogens with zero attached hydrogens (tertiary/aromatic N) is 2. The van der Waals surface area contributed by atoms with E-state index in [1.165, 1.54) is 0 Å². The van der Waals surface area contributed by atoms with Crippen molar-refractivity contribution in [3.05, 3.63) is 58.6 Å². The fourth-order valence-corrected chi connectivity index (χ4v) is 3.62. The van der Waals surface area contributed by atoms with Crippen LogP contribution >= 0.6 is 11.6 Å². The first-order chi connectivity index (χ1) is 13.6. The number of carbonyl (C=O) groups excluding carboxylic acids is 1. The number of carbonyl (C=O) groups is 1. The first kappa shape index (κ1) is 20.5. The molecule has 1 aliphatic heterocycles. The van der Waals surface area contributed by atoms with E-state index in [0.29, 0.717) is 18.1 Å². The van der Waals surface area contributed by atoms with Crippen molar-refractivity contribution in [1.82, 2.24) is 9.80 Å². The van der Waals surface area contributed by atoms with Gasteiger partial charge in [-0.15, -0.1) is 0 Å². The van der Waals surface area contributed by atoms with Gasteiger partial charge in [0.05, 0.1) is 20.1 Å². The van der Waals surface area contributed by atoms with E-state index in [1.54, 1.807) is 7.11 Å². The molecule has 3 rings (SSSR count). The van der Waals surface area contributed by atoms with E-state index in [4.69, 9.17) is 21.1 Å². The van der Waals surface area contributed by atoms with E-state index < -0.39 is 0 Å². The lowest BCUT2D eigenvalue weighted by Gasteiger charge is -2.35. The molecule has 6 heteroatoms. The van der Waals surface area contributed by atoms with Crippen LogP contribution in [0.15, 0.2) is 42.5 Å². The summed E-state index contributed by atoms with van der Waals surface area (Å²) in [5, 5.41) is 0.708. The van der Waals surface area contributed by atoms with Crippen LogP contribution in [-0.2, 0) is 17.8 Å². The molecule has 0 N–H and O–H groups in total. The predicted octanol–water partition coefficient (Wildman–Crippen LogP) is 3.63. The first-order valence-corrected chi connectivity index (χ1v) is 10.0. The maximum absolute atomic E-state index is 12.6. The quantitative estimate of drug-likeness (QED) is 0.709. The zero-order valence-electron chi connectivity index (χ0n) is 16.5. The average molecular weight is 403 g/mol. The number of rotatable bonds is 7. The van der Waals surface area contributed by atoms with Crippen molar-refractivity contribution in [1.29, 1.82) is 0 Å². The van der Waals surface area contributed by atoms with E-state index in [1.807, 2.05) is 54.3 Å². The Morgan fingerprint density at radius 1 is 1.07 bits per heavy atom. The summed E-state index contributed by atoms with van der Waals surface area (Å²) >= 11 is 6.13. The second-order valence-corrected chi connectivity index (χ2v) is 7.30. The second-order valence-electron chi connectivity index (χ2n) is 6.87. The van der Waals surface area contributed by atoms with Crippen molar-refractivity contribution in [3.63, 3.8) is 0 Å². The van der Waals surface area contributed by atoms with Gasteiger partial charge in [-0.1, -0.05) is 23.7 Å². The van der Waals surface area contributed by atoms with Crippen molar-refractivity contribution in [2.45, 2.75) is 19.9 Å². The zero-order chi connectivity index (χ0) is 19.9. The lowest BCUT2D eigenvalue weighted by molar-refractivity contribution is -0.132. The normalized spacial score (nSPS) is 14.8. The molecule has 1 heterocycles. The van der Waals surface area contributed by atoms with Gasteiger partial charge in [0.2, 0.25) is 5.91 Å². The molecule has 2 aromatic rings. The molecule has 0 bridgehead atoms. The van der Waals surface area contributed by atoms with Crippen LogP contribution in [0, 0.1) is 0 Å². The number of ether oxygens (including phenoxy) is 2. The van der Waals surface area contributed by atoms with Crippen molar-refractivity contribution in [2.24, 2.45) is 0 Å². The second kappa shape index (κ2) is 9.80. The number of amides is 1. The first-order valence-electron chi connectivity index (χ1n) is 9.63. The van der Waals surface area contributed by atoms with Crippen molar-refractivity contribution >= 4 is 17.5 Å². The van der Waals surface area contributed by atoms with Crippen LogP contribution in [0.3, 0.4) is 0 Å². The molecule has 1 amide bonds. The molecule has 0 atom stereocenters. The van der Waals surface area contributed by atoms with Crippen LogP contribution in [0.5, 0.6) is 11.5 Å². The van der Waals surface area contributed by atoms with Crippen LogP contribution in [0.25, 0.3) is 0 Å². The van der Waals surface area contributed by atoms with E-state index in [-0.39, 0.29) is 5.91 Å². The van der Waals surface area contributed by atoms with Gasteiger partial charge >= 0.3 is 0 Å². The molecule has 0 saturated carbocycles. The molecule has 1 saturated heterocycles. The maximum Gasteiger partial charge on any atom is 0.227 e. The third-order valence-electron chi connectivity index (χ3n) is 4.95. The van der Waals surface area contributed by atoms with E-state index in [0.717, 1.165) is 55.3 Å². The molecule has 1 fully saturated rings. The van der Waals surface area contributed by atoms with Gasteiger partial charge in [-0.3, -0.25) is 9.69 Å². The number of hydrogen-bond donors (Lipinski definition) is 0. The molecule has 5 nitrogen and oxygen atoms in total. The molecular formula is C22H27ClN2O3. The Hall–Kier alpha value is -2.24. The standard InChI is InChI=1S/C22H27ClN2O3/c1-3-28-20-7-4-17(5-8-20)14-22(26)25-12-10-24(11-13-25)16-18-15-19(23)6-9-21(18)27-2/h4-9,15H,3,10-14,16H2,1-2H3. The summed E-state index contributed by atoms with van der Waals surface area (Å²) in [5.74, 6) is 1.85. The summed E-state index contributed by atoms with van der Waals surface area (Å²) in [7, 11) is 1.67. The predicted molar refractivity (Wildman–Crippen MR) is 111 cm³/mol. The highest BCUT2D eigenvalue weighted by Gasteiger charge is 2.22. The van der Waals surface area contributed by atoms with E-state index in [2.05, 4.69) is 4.90 Å². The van der Waals surface area contributed by atoms with Crippen LogP contribution in [0.1, 0.15) is 18.1 Å². The van der Waals surface area contributed by atoms with Crippen molar-refractivity contribution in [2.75, 3.05) is 39.9 Å². The van der Waals surface area contributed by atoms with E-state index in [9.17, 15) is 4.79 Å². The van der Waals surface area contributed by atoms with Crippen molar-refractivity contribution < 1.29 is 14.3 Å². The van der Waals surface area contributed by atoms with Gasteiger partial charge in [-0.05, 0) is 42.8 Å². The Morgan fingerprint density at radius 3 is 2.43 bits per heavy atom. The van der Waals surface area contributed by atoms with Gasteiger partial charge in [0.15, 0.2) is 0 Å². The lowest BCUT2D eigenvalue weighted by atomic mass is 10.1. The van der Waals surface area contributed by atoms with Crippen LogP contribution in [-0.4, -0.2) is 55.6 Å². The third-order valence-corrected chi connectivity index (χ3v) is 5.19. The van der Waals surface area contributed by atoms with Crippen LogP contribution in [0.4, 0.5) is 0 Å². The Labute approximate surface area is 171 Å². The summed E-state index contributed by atoms with van der Waals surface area (Å²) < 4.78 is 10.9. The topological polar surface area (TPSA) is 42.0 Å². The monoisotopic (exact) mass is 402 g/mol. The fraction of sp³-hybridized carbons (Fsp3) is 0.409. The van der Waals surface area contributed by atoms with E-state index >= 15 is 0 Å². The average Bonchev–Trinajstić information content (AvgIpc) is 2.70. The largest absolute Gasteiger partial charge is 0.496 e. The maximum atomic E-state index is 12.6. The molecule has 0 aromatic heterocycles. The fourth-order valence-electron chi connectivity index (χ4n) is 3.42. The smallest absolute Gasteiger partial charge is 0.227 e. The summed E-state index contributed by atoms with van der Waals surface area (Å²) in [6, 6.07) is 13.4. The SMILES string of the molecule is CCOc1ccc(CC(=O)N2CCN(Cc3cc(Cl)ccc3OC)CC2)cc1. The Balaban J connectivity index is 1.50. The summed E-state index contributed by atoms with van der Waals surface area (Å²) in [5.41, 5.74) is 2.09. The number of methoxy groups -OCH3 is 1. The Kier molecular flexibility index (Phi) is 7.18. The molecular weight excluding hydrogens is 376 g/mol. The molecule has 150 valence electrons. The Morgan fingerprint density at radius 2 is 1.79 bits per heavy atom. The molecule has 1 aliphatic rings. The minimum atomic E-state index is 0.171. The molecule has 28 heavy (non-hydrogen) atoms. The van der Waals surface area contributed by atoms with Gasteiger partial charge in [-0.25, -0.2) is 0 Å².